The van der Waals surface area contributed by atoms with Gasteiger partial charge in [0.15, 0.2) is 5.13 Å². The van der Waals surface area contributed by atoms with E-state index in [4.69, 9.17) is 0 Å². The molecule has 0 aliphatic carbocycles. The van der Waals surface area contributed by atoms with Gasteiger partial charge in [0.05, 0.1) is 12.0 Å². The normalized spacial score (nSPS) is 19.1. The quantitative estimate of drug-likeness (QED) is 0.772. The van der Waals surface area contributed by atoms with Gasteiger partial charge in [0.1, 0.15) is 0 Å². The third kappa shape index (κ3) is 2.78. The minimum Gasteiger partial charge on any atom is -0.334 e. The van der Waals surface area contributed by atoms with Crippen LogP contribution in [0.2, 0.25) is 0 Å². The standard InChI is InChI=1S/C20H17N3O2S/c1-23-17(13-7-3-2-4-8-13)16(18(24)22-20-21-11-12-26-20)14-9-5-6-10-15(14)19(23)25/h2-12,16-17H,1H3,(H,21,22,24). The van der Waals surface area contributed by atoms with Crippen LogP contribution in [-0.4, -0.2) is 28.7 Å². The van der Waals surface area contributed by atoms with Gasteiger partial charge in [-0.25, -0.2) is 4.98 Å². The number of aromatic nitrogens is 1. The average molecular weight is 363 g/mol. The first-order chi connectivity index (χ1) is 12.7. The Morgan fingerprint density at radius 1 is 1.12 bits per heavy atom. The number of nitrogens with one attached hydrogen (secondary N) is 1. The maximum absolute atomic E-state index is 13.2. The van der Waals surface area contributed by atoms with E-state index < -0.39 is 5.92 Å². The molecule has 26 heavy (non-hydrogen) atoms. The molecule has 1 N–H and O–H groups in total. The highest BCUT2D eigenvalue weighted by atomic mass is 32.1. The van der Waals surface area contributed by atoms with E-state index in [0.29, 0.717) is 10.7 Å². The lowest BCUT2D eigenvalue weighted by Gasteiger charge is -2.39. The van der Waals surface area contributed by atoms with Gasteiger partial charge >= 0.3 is 0 Å². The van der Waals surface area contributed by atoms with Crippen molar-refractivity contribution in [2.24, 2.45) is 0 Å². The van der Waals surface area contributed by atoms with Gasteiger partial charge in [-0.15, -0.1) is 11.3 Å². The smallest absolute Gasteiger partial charge is 0.254 e. The highest BCUT2D eigenvalue weighted by Gasteiger charge is 2.42. The zero-order valence-corrected chi connectivity index (χ0v) is 14.9. The Kier molecular flexibility index (Phi) is 4.26. The summed E-state index contributed by atoms with van der Waals surface area (Å²) in [5.41, 5.74) is 2.25. The molecule has 2 heterocycles. The van der Waals surface area contributed by atoms with Gasteiger partial charge in [0.25, 0.3) is 5.91 Å². The van der Waals surface area contributed by atoms with Gasteiger partial charge in [-0.1, -0.05) is 48.5 Å². The first-order valence-electron chi connectivity index (χ1n) is 8.28. The van der Waals surface area contributed by atoms with Crippen molar-refractivity contribution < 1.29 is 9.59 Å². The summed E-state index contributed by atoms with van der Waals surface area (Å²) >= 11 is 1.37. The Bertz CT molecular complexity index is 941. The molecule has 2 atom stereocenters. The number of likely N-dealkylation sites (N-methyl/N-ethyl adjacent to an activating group) is 1. The third-order valence-electron chi connectivity index (χ3n) is 4.67. The minimum atomic E-state index is -0.514. The molecule has 0 saturated heterocycles. The lowest BCUT2D eigenvalue weighted by Crippen LogP contribution is -2.44. The van der Waals surface area contributed by atoms with Crippen molar-refractivity contribution in [3.05, 3.63) is 82.9 Å². The van der Waals surface area contributed by atoms with Gasteiger partial charge in [0, 0.05) is 24.2 Å². The zero-order chi connectivity index (χ0) is 18.1. The number of benzene rings is 2. The van der Waals surface area contributed by atoms with E-state index in [2.05, 4.69) is 10.3 Å². The van der Waals surface area contributed by atoms with Crippen molar-refractivity contribution in [1.29, 1.82) is 0 Å². The molecule has 2 aromatic carbocycles. The SMILES string of the molecule is CN1C(=O)c2ccccc2C(C(=O)Nc2nccs2)C1c1ccccc1. The summed E-state index contributed by atoms with van der Waals surface area (Å²) in [5, 5.41) is 5.27. The molecule has 1 aliphatic rings. The molecule has 0 bridgehead atoms. The summed E-state index contributed by atoms with van der Waals surface area (Å²) in [6, 6.07) is 16.6. The fourth-order valence-electron chi connectivity index (χ4n) is 3.49. The van der Waals surface area contributed by atoms with Crippen LogP contribution in [-0.2, 0) is 4.79 Å². The van der Waals surface area contributed by atoms with Crippen molar-refractivity contribution in [1.82, 2.24) is 9.88 Å². The summed E-state index contributed by atoms with van der Waals surface area (Å²) in [6.07, 6.45) is 1.65. The second kappa shape index (κ2) is 6.72. The first-order valence-corrected chi connectivity index (χ1v) is 9.16. The predicted molar refractivity (Wildman–Crippen MR) is 101 cm³/mol. The van der Waals surface area contributed by atoms with Crippen molar-refractivity contribution in [3.63, 3.8) is 0 Å². The number of carbonyl (C=O) groups is 2. The fraction of sp³-hybridized carbons (Fsp3) is 0.150. The molecule has 1 aromatic heterocycles. The van der Waals surface area contributed by atoms with Crippen LogP contribution in [0, 0.1) is 0 Å². The Hall–Kier alpha value is -2.99. The maximum atomic E-state index is 13.2. The molecule has 0 spiro atoms. The van der Waals surface area contributed by atoms with Gasteiger partial charge in [-0.2, -0.15) is 0 Å². The second-order valence-electron chi connectivity index (χ2n) is 6.16. The largest absolute Gasteiger partial charge is 0.334 e. The van der Waals surface area contributed by atoms with Gasteiger partial charge in [0.2, 0.25) is 5.91 Å². The molecular formula is C20H17N3O2S. The third-order valence-corrected chi connectivity index (χ3v) is 5.35. The number of carbonyl (C=O) groups excluding carboxylic acids is 2. The molecule has 130 valence electrons. The first kappa shape index (κ1) is 16.5. The molecule has 0 saturated carbocycles. The summed E-state index contributed by atoms with van der Waals surface area (Å²) < 4.78 is 0. The van der Waals surface area contributed by atoms with E-state index in [1.54, 1.807) is 24.2 Å². The number of anilines is 1. The summed E-state index contributed by atoms with van der Waals surface area (Å²) in [5.74, 6) is -0.756. The Morgan fingerprint density at radius 3 is 2.58 bits per heavy atom. The Morgan fingerprint density at radius 2 is 1.85 bits per heavy atom. The number of thiazole rings is 1. The monoisotopic (exact) mass is 363 g/mol. The highest BCUT2D eigenvalue weighted by Crippen LogP contribution is 2.42. The van der Waals surface area contributed by atoms with Gasteiger partial charge in [-0.3, -0.25) is 9.59 Å². The van der Waals surface area contributed by atoms with E-state index >= 15 is 0 Å². The summed E-state index contributed by atoms with van der Waals surface area (Å²) in [7, 11) is 1.75. The van der Waals surface area contributed by atoms with Crippen LogP contribution in [0.25, 0.3) is 0 Å². The number of nitrogens with zero attached hydrogens (tertiary/aromatic N) is 2. The van der Waals surface area contributed by atoms with Crippen molar-refractivity contribution in [2.75, 3.05) is 12.4 Å². The lowest BCUT2D eigenvalue weighted by molar-refractivity contribution is -0.119. The van der Waals surface area contributed by atoms with Gasteiger partial charge < -0.3 is 10.2 Å². The Balaban J connectivity index is 1.83. The molecule has 0 radical (unpaired) electrons. The molecule has 5 nitrogen and oxygen atoms in total. The van der Waals surface area contributed by atoms with E-state index in [1.807, 2.05) is 53.9 Å². The van der Waals surface area contributed by atoms with Crippen molar-refractivity contribution in [2.45, 2.75) is 12.0 Å². The molecule has 1 aliphatic heterocycles. The molecule has 2 unspecified atom stereocenters. The van der Waals surface area contributed by atoms with Crippen LogP contribution in [0.5, 0.6) is 0 Å². The highest BCUT2D eigenvalue weighted by molar-refractivity contribution is 7.13. The number of rotatable bonds is 3. The second-order valence-corrected chi connectivity index (χ2v) is 7.06. The summed E-state index contributed by atoms with van der Waals surface area (Å²) in [4.78, 5) is 31.9. The molecule has 3 aromatic rings. The summed E-state index contributed by atoms with van der Waals surface area (Å²) in [6.45, 7) is 0. The lowest BCUT2D eigenvalue weighted by atomic mass is 9.79. The molecular weight excluding hydrogens is 346 g/mol. The fourth-order valence-corrected chi connectivity index (χ4v) is 4.02. The number of hydrogen-bond donors (Lipinski definition) is 1. The Labute approximate surface area is 155 Å². The van der Waals surface area contributed by atoms with E-state index in [9.17, 15) is 9.59 Å². The number of amides is 2. The van der Waals surface area contributed by atoms with E-state index in [-0.39, 0.29) is 17.9 Å². The average Bonchev–Trinajstić information content (AvgIpc) is 3.18. The van der Waals surface area contributed by atoms with Gasteiger partial charge in [-0.05, 0) is 17.2 Å². The van der Waals surface area contributed by atoms with Crippen LogP contribution in [0.4, 0.5) is 5.13 Å². The van der Waals surface area contributed by atoms with Crippen LogP contribution in [0.3, 0.4) is 0 Å². The molecule has 4 rings (SSSR count). The van der Waals surface area contributed by atoms with E-state index in [1.165, 1.54) is 11.3 Å². The molecule has 6 heteroatoms. The van der Waals surface area contributed by atoms with Crippen molar-refractivity contribution >= 4 is 28.3 Å². The molecule has 2 amide bonds. The molecule has 0 fully saturated rings. The minimum absolute atomic E-state index is 0.0762. The number of hydrogen-bond acceptors (Lipinski definition) is 4. The van der Waals surface area contributed by atoms with Crippen molar-refractivity contribution in [3.8, 4) is 0 Å². The number of fused-ring (bicyclic) bond motifs is 1. The zero-order valence-electron chi connectivity index (χ0n) is 14.1. The van der Waals surface area contributed by atoms with Crippen LogP contribution < -0.4 is 5.32 Å². The predicted octanol–water partition coefficient (Wildman–Crippen LogP) is 3.69. The van der Waals surface area contributed by atoms with Crippen LogP contribution >= 0.6 is 11.3 Å². The topological polar surface area (TPSA) is 62.3 Å². The van der Waals surface area contributed by atoms with E-state index in [0.717, 1.165) is 11.1 Å². The van der Waals surface area contributed by atoms with Crippen LogP contribution in [0.1, 0.15) is 33.4 Å². The maximum Gasteiger partial charge on any atom is 0.254 e. The van der Waals surface area contributed by atoms with Crippen LogP contribution in [0.15, 0.2) is 66.2 Å².